The first-order chi connectivity index (χ1) is 8.72. The van der Waals surface area contributed by atoms with Crippen molar-refractivity contribution >= 4 is 28.3 Å². The Hall–Kier alpha value is -0.450. The first-order valence-electron chi connectivity index (χ1n) is 6.34. The predicted molar refractivity (Wildman–Crippen MR) is 85.7 cm³/mol. The lowest BCUT2D eigenvalue weighted by atomic mass is 10.2. The van der Waals surface area contributed by atoms with Crippen LogP contribution in [-0.2, 0) is 6.54 Å². The summed E-state index contributed by atoms with van der Waals surface area (Å²) in [4.78, 5) is 0. The van der Waals surface area contributed by atoms with E-state index in [-0.39, 0.29) is 12.4 Å². The summed E-state index contributed by atoms with van der Waals surface area (Å²) < 4.78 is 11.5. The quantitative estimate of drug-likeness (QED) is 0.712. The molecule has 1 aromatic rings. The maximum atomic E-state index is 5.32. The highest BCUT2D eigenvalue weighted by molar-refractivity contribution is 9.10. The van der Waals surface area contributed by atoms with Crippen molar-refractivity contribution in [3.63, 3.8) is 0 Å². The van der Waals surface area contributed by atoms with Crippen molar-refractivity contribution in [2.45, 2.75) is 32.7 Å². The number of hydrogen-bond acceptors (Lipinski definition) is 3. The Morgan fingerprint density at radius 3 is 2.47 bits per heavy atom. The van der Waals surface area contributed by atoms with E-state index in [1.807, 2.05) is 6.07 Å². The zero-order chi connectivity index (χ0) is 13.4. The third-order valence-corrected chi connectivity index (χ3v) is 3.37. The Bertz CT molecular complexity index is 375. The molecule has 0 radical (unpaired) electrons. The van der Waals surface area contributed by atoms with Crippen molar-refractivity contribution < 1.29 is 9.47 Å². The highest BCUT2D eigenvalue weighted by Gasteiger charge is 2.09. The smallest absolute Gasteiger partial charge is 0.174 e. The van der Waals surface area contributed by atoms with Crippen molar-refractivity contribution in [2.75, 3.05) is 20.8 Å². The third-order valence-electron chi connectivity index (χ3n) is 2.78. The molecule has 0 heterocycles. The van der Waals surface area contributed by atoms with Gasteiger partial charge < -0.3 is 14.8 Å². The topological polar surface area (TPSA) is 30.5 Å². The van der Waals surface area contributed by atoms with Gasteiger partial charge in [-0.25, -0.2) is 0 Å². The molecule has 0 fully saturated rings. The van der Waals surface area contributed by atoms with Gasteiger partial charge in [-0.05, 0) is 46.6 Å². The predicted octanol–water partition coefficient (Wildman–Crippen LogP) is 4.17. The highest BCUT2D eigenvalue weighted by atomic mass is 79.9. The van der Waals surface area contributed by atoms with Crippen molar-refractivity contribution in [1.29, 1.82) is 0 Å². The van der Waals surface area contributed by atoms with Gasteiger partial charge in [0.25, 0.3) is 0 Å². The van der Waals surface area contributed by atoms with E-state index in [1.165, 1.54) is 24.8 Å². The van der Waals surface area contributed by atoms with Gasteiger partial charge in [-0.3, -0.25) is 0 Å². The van der Waals surface area contributed by atoms with Crippen LogP contribution in [0, 0.1) is 0 Å². The number of nitrogens with one attached hydrogen (secondary N) is 1. The van der Waals surface area contributed by atoms with Crippen LogP contribution in [0.5, 0.6) is 11.5 Å². The van der Waals surface area contributed by atoms with Gasteiger partial charge in [-0.1, -0.05) is 19.8 Å². The van der Waals surface area contributed by atoms with E-state index in [1.54, 1.807) is 14.2 Å². The minimum Gasteiger partial charge on any atom is -0.493 e. The lowest BCUT2D eigenvalue weighted by molar-refractivity contribution is 0.352. The summed E-state index contributed by atoms with van der Waals surface area (Å²) in [6.07, 6.45) is 3.76. The molecule has 0 spiro atoms. The molecule has 110 valence electrons. The molecule has 1 aromatic carbocycles. The molecule has 3 nitrogen and oxygen atoms in total. The van der Waals surface area contributed by atoms with Crippen LogP contribution in [0.15, 0.2) is 16.6 Å². The fraction of sp³-hybridized carbons (Fsp3) is 0.571. The van der Waals surface area contributed by atoms with Crippen molar-refractivity contribution in [3.8, 4) is 11.5 Å². The van der Waals surface area contributed by atoms with Crippen LogP contribution in [0.1, 0.15) is 31.7 Å². The highest BCUT2D eigenvalue weighted by Crippen LogP contribution is 2.36. The van der Waals surface area contributed by atoms with Crippen LogP contribution in [0.2, 0.25) is 0 Å². The second kappa shape index (κ2) is 10.4. The number of halogens is 2. The Kier molecular flexibility index (Phi) is 10.1. The summed E-state index contributed by atoms with van der Waals surface area (Å²) in [5.74, 6) is 1.50. The van der Waals surface area contributed by atoms with Crippen LogP contribution in [-0.4, -0.2) is 20.8 Å². The van der Waals surface area contributed by atoms with Gasteiger partial charge in [0.1, 0.15) is 0 Å². The number of unbranched alkanes of at least 4 members (excludes halogenated alkanes) is 2. The molecule has 19 heavy (non-hydrogen) atoms. The molecule has 0 unspecified atom stereocenters. The Morgan fingerprint density at radius 2 is 1.89 bits per heavy atom. The molecule has 1 rings (SSSR count). The summed E-state index contributed by atoms with van der Waals surface area (Å²) >= 11 is 3.50. The molecular formula is C14H23BrClNO2. The van der Waals surface area contributed by atoms with E-state index in [4.69, 9.17) is 9.47 Å². The molecule has 0 saturated carbocycles. The lowest BCUT2D eigenvalue weighted by Crippen LogP contribution is -2.14. The average Bonchev–Trinajstić information content (AvgIpc) is 2.37. The normalized spacial score (nSPS) is 9.89. The molecule has 0 saturated heterocycles. The van der Waals surface area contributed by atoms with Gasteiger partial charge in [0.05, 0.1) is 18.7 Å². The van der Waals surface area contributed by atoms with Crippen molar-refractivity contribution in [1.82, 2.24) is 5.32 Å². The van der Waals surface area contributed by atoms with Gasteiger partial charge in [0.2, 0.25) is 0 Å². The summed E-state index contributed by atoms with van der Waals surface area (Å²) in [7, 11) is 3.30. The zero-order valence-corrected chi connectivity index (χ0v) is 14.2. The summed E-state index contributed by atoms with van der Waals surface area (Å²) in [6, 6.07) is 4.07. The average molecular weight is 353 g/mol. The Balaban J connectivity index is 0.00000324. The standard InChI is InChI=1S/C14H22BrNO2.ClH/c1-4-5-6-7-16-10-11-8-12(15)14(18-3)13(9-11)17-2;/h8-9,16H,4-7,10H2,1-3H3;1H. The molecule has 0 aliphatic rings. The SMILES string of the molecule is CCCCCNCc1cc(Br)c(OC)c(OC)c1.Cl. The fourth-order valence-corrected chi connectivity index (χ4v) is 2.46. The van der Waals surface area contributed by atoms with Crippen LogP contribution in [0.4, 0.5) is 0 Å². The Labute approximate surface area is 130 Å². The largest absolute Gasteiger partial charge is 0.493 e. The lowest BCUT2D eigenvalue weighted by Gasteiger charge is -2.12. The third kappa shape index (κ3) is 6.02. The maximum absolute atomic E-state index is 5.32. The van der Waals surface area contributed by atoms with E-state index in [9.17, 15) is 0 Å². The first-order valence-corrected chi connectivity index (χ1v) is 7.13. The maximum Gasteiger partial charge on any atom is 0.174 e. The molecule has 1 N–H and O–H groups in total. The molecular weight excluding hydrogens is 330 g/mol. The summed E-state index contributed by atoms with van der Waals surface area (Å²) in [5, 5.41) is 3.44. The molecule has 0 aliphatic heterocycles. The van der Waals surface area contributed by atoms with Crippen LogP contribution < -0.4 is 14.8 Å². The molecule has 0 aliphatic carbocycles. The van der Waals surface area contributed by atoms with Crippen LogP contribution in [0.25, 0.3) is 0 Å². The number of methoxy groups -OCH3 is 2. The zero-order valence-electron chi connectivity index (χ0n) is 11.8. The second-order valence-corrected chi connectivity index (χ2v) is 5.05. The fourth-order valence-electron chi connectivity index (χ4n) is 1.81. The van der Waals surface area contributed by atoms with E-state index >= 15 is 0 Å². The van der Waals surface area contributed by atoms with Gasteiger partial charge in [-0.2, -0.15) is 0 Å². The first kappa shape index (κ1) is 18.6. The molecule has 5 heteroatoms. The summed E-state index contributed by atoms with van der Waals surface area (Å²) in [5.41, 5.74) is 1.19. The second-order valence-electron chi connectivity index (χ2n) is 4.20. The van der Waals surface area contributed by atoms with Crippen molar-refractivity contribution in [3.05, 3.63) is 22.2 Å². The van der Waals surface area contributed by atoms with Crippen LogP contribution >= 0.6 is 28.3 Å². The molecule has 0 amide bonds. The van der Waals surface area contributed by atoms with Gasteiger partial charge in [0.15, 0.2) is 11.5 Å². The molecule has 0 atom stereocenters. The minimum absolute atomic E-state index is 0. The van der Waals surface area contributed by atoms with Crippen molar-refractivity contribution in [2.24, 2.45) is 0 Å². The van der Waals surface area contributed by atoms with E-state index < -0.39 is 0 Å². The minimum atomic E-state index is 0. The molecule has 0 bridgehead atoms. The monoisotopic (exact) mass is 351 g/mol. The number of hydrogen-bond donors (Lipinski definition) is 1. The molecule has 0 aromatic heterocycles. The summed E-state index contributed by atoms with van der Waals surface area (Å²) in [6.45, 7) is 4.12. The van der Waals surface area contributed by atoms with Gasteiger partial charge >= 0.3 is 0 Å². The number of ether oxygens (including phenoxy) is 2. The van der Waals surface area contributed by atoms with Crippen LogP contribution in [0.3, 0.4) is 0 Å². The van der Waals surface area contributed by atoms with E-state index in [0.717, 1.165) is 29.1 Å². The Morgan fingerprint density at radius 1 is 1.16 bits per heavy atom. The number of rotatable bonds is 8. The van der Waals surface area contributed by atoms with E-state index in [2.05, 4.69) is 34.2 Å². The van der Waals surface area contributed by atoms with Gasteiger partial charge in [-0.15, -0.1) is 12.4 Å². The van der Waals surface area contributed by atoms with E-state index in [0.29, 0.717) is 0 Å². The number of benzene rings is 1. The van der Waals surface area contributed by atoms with Gasteiger partial charge in [0, 0.05) is 6.54 Å².